The second-order valence-corrected chi connectivity index (χ2v) is 8.54. The number of hydrazone groups is 1. The van der Waals surface area contributed by atoms with Crippen LogP contribution in [0.5, 0.6) is 23.0 Å². The van der Waals surface area contributed by atoms with Crippen molar-refractivity contribution in [3.05, 3.63) is 81.3 Å². The molecule has 2 N–H and O–H groups in total. The monoisotopic (exact) mass is 573 g/mol. The van der Waals surface area contributed by atoms with Gasteiger partial charge in [0.25, 0.3) is 11.8 Å². The fraction of sp³-hybridized carbons (Fsp3) is 0.185. The van der Waals surface area contributed by atoms with Gasteiger partial charge in [0.1, 0.15) is 0 Å². The number of hydrogen-bond donors (Lipinski definition) is 2. The third-order valence-electron chi connectivity index (χ3n) is 5.08. The van der Waals surface area contributed by atoms with E-state index in [0.717, 1.165) is 0 Å². The maximum Gasteiger partial charge on any atom is 0.345 e. The van der Waals surface area contributed by atoms with Crippen LogP contribution in [-0.2, 0) is 4.79 Å². The van der Waals surface area contributed by atoms with Crippen LogP contribution in [-0.4, -0.2) is 51.4 Å². The molecule has 0 spiro atoms. The fourth-order valence-electron chi connectivity index (χ4n) is 3.23. The van der Waals surface area contributed by atoms with E-state index in [2.05, 4.69) is 15.8 Å². The van der Waals surface area contributed by atoms with Crippen LogP contribution in [0, 0.1) is 0 Å². The van der Waals surface area contributed by atoms with Gasteiger partial charge in [-0.1, -0.05) is 23.2 Å². The van der Waals surface area contributed by atoms with Crippen molar-refractivity contribution < 1.29 is 33.3 Å². The topological polar surface area (TPSA) is 125 Å². The highest BCUT2D eigenvalue weighted by Crippen LogP contribution is 2.30. The molecule has 0 saturated heterocycles. The molecule has 0 heterocycles. The summed E-state index contributed by atoms with van der Waals surface area (Å²) in [6.07, 6.45) is 1.37. The summed E-state index contributed by atoms with van der Waals surface area (Å²) in [5.41, 5.74) is 3.33. The summed E-state index contributed by atoms with van der Waals surface area (Å²) >= 11 is 12.0. The molecule has 3 rings (SSSR count). The highest BCUT2D eigenvalue weighted by atomic mass is 35.5. The van der Waals surface area contributed by atoms with Crippen molar-refractivity contribution in [1.29, 1.82) is 0 Å². The van der Waals surface area contributed by atoms with Crippen molar-refractivity contribution in [2.45, 2.75) is 6.92 Å². The molecule has 0 atom stereocenters. The Bertz CT molecular complexity index is 1400. The first-order chi connectivity index (χ1) is 18.7. The summed E-state index contributed by atoms with van der Waals surface area (Å²) in [4.78, 5) is 37.1. The molecule has 0 fully saturated rings. The van der Waals surface area contributed by atoms with E-state index in [1.165, 1.54) is 50.8 Å². The summed E-state index contributed by atoms with van der Waals surface area (Å²) in [7, 11) is 2.95. The smallest absolute Gasteiger partial charge is 0.345 e. The van der Waals surface area contributed by atoms with Gasteiger partial charge < -0.3 is 24.3 Å². The SMILES string of the molecule is CCOc1cc(/C=N/NC(=O)CNC(=O)c2ccc(OC)c(OC)c2)ccc1OC(=O)c1ccc(Cl)cc1Cl. The minimum atomic E-state index is -0.679. The number of nitrogens with one attached hydrogen (secondary N) is 2. The minimum Gasteiger partial charge on any atom is -0.493 e. The van der Waals surface area contributed by atoms with Gasteiger partial charge in [0.15, 0.2) is 23.0 Å². The van der Waals surface area contributed by atoms with Crippen LogP contribution >= 0.6 is 23.2 Å². The number of carbonyl (C=O) groups is 3. The molecule has 10 nitrogen and oxygen atoms in total. The largest absolute Gasteiger partial charge is 0.493 e. The number of nitrogens with zero attached hydrogens (tertiary/aromatic N) is 1. The third-order valence-corrected chi connectivity index (χ3v) is 5.63. The highest BCUT2D eigenvalue weighted by Gasteiger charge is 2.16. The van der Waals surface area contributed by atoms with Crippen molar-refractivity contribution >= 4 is 47.2 Å². The molecule has 0 saturated carbocycles. The number of amides is 2. The van der Waals surface area contributed by atoms with Crippen LogP contribution in [0.15, 0.2) is 59.7 Å². The van der Waals surface area contributed by atoms with Crippen molar-refractivity contribution in [2.75, 3.05) is 27.4 Å². The molecule has 39 heavy (non-hydrogen) atoms. The zero-order chi connectivity index (χ0) is 28.4. The van der Waals surface area contributed by atoms with Gasteiger partial charge >= 0.3 is 5.97 Å². The minimum absolute atomic E-state index is 0.148. The molecule has 12 heteroatoms. The Morgan fingerprint density at radius 3 is 2.33 bits per heavy atom. The normalized spacial score (nSPS) is 10.6. The first kappa shape index (κ1) is 29.3. The summed E-state index contributed by atoms with van der Waals surface area (Å²) in [6.45, 7) is 1.78. The first-order valence-electron chi connectivity index (χ1n) is 11.5. The predicted octanol–water partition coefficient (Wildman–Crippen LogP) is 4.51. The Morgan fingerprint density at radius 2 is 1.64 bits per heavy atom. The molecule has 0 aromatic heterocycles. The Morgan fingerprint density at radius 1 is 0.897 bits per heavy atom. The van der Waals surface area contributed by atoms with Crippen molar-refractivity contribution in [3.63, 3.8) is 0 Å². The molecule has 204 valence electrons. The molecule has 2 amide bonds. The Balaban J connectivity index is 1.58. The van der Waals surface area contributed by atoms with E-state index >= 15 is 0 Å². The average molecular weight is 574 g/mol. The lowest BCUT2D eigenvalue weighted by molar-refractivity contribution is -0.120. The average Bonchev–Trinajstić information content (AvgIpc) is 2.92. The number of rotatable bonds is 11. The van der Waals surface area contributed by atoms with Crippen LogP contribution < -0.4 is 29.7 Å². The van der Waals surface area contributed by atoms with Gasteiger partial charge in [0.05, 0.1) is 44.2 Å². The maximum absolute atomic E-state index is 12.6. The molecule has 0 aliphatic heterocycles. The van der Waals surface area contributed by atoms with Crippen LogP contribution in [0.3, 0.4) is 0 Å². The summed E-state index contributed by atoms with van der Waals surface area (Å²) in [5, 5.41) is 6.95. The number of methoxy groups -OCH3 is 2. The lowest BCUT2D eigenvalue weighted by atomic mass is 10.2. The van der Waals surface area contributed by atoms with Crippen molar-refractivity contribution in [3.8, 4) is 23.0 Å². The third kappa shape index (κ3) is 8.10. The van der Waals surface area contributed by atoms with Crippen LogP contribution in [0.25, 0.3) is 0 Å². The maximum atomic E-state index is 12.6. The number of hydrogen-bond acceptors (Lipinski definition) is 8. The number of ether oxygens (including phenoxy) is 4. The first-order valence-corrected chi connectivity index (χ1v) is 12.3. The standard InChI is InChI=1S/C27H25Cl2N3O7/c1-4-38-24-11-16(5-9-22(24)39-27(35)19-8-7-18(28)13-20(19)29)14-31-32-25(33)15-30-26(34)17-6-10-21(36-2)23(12-17)37-3/h5-14H,4,15H2,1-3H3,(H,30,34)(H,32,33)/b31-14+. The van der Waals surface area contributed by atoms with Gasteiger partial charge in [-0.2, -0.15) is 5.10 Å². The van der Waals surface area contributed by atoms with E-state index in [1.54, 1.807) is 31.2 Å². The van der Waals surface area contributed by atoms with E-state index in [9.17, 15) is 14.4 Å². The van der Waals surface area contributed by atoms with Gasteiger partial charge in [-0.3, -0.25) is 9.59 Å². The van der Waals surface area contributed by atoms with Gasteiger partial charge in [-0.05, 0) is 67.1 Å². The van der Waals surface area contributed by atoms with Gasteiger partial charge in [-0.25, -0.2) is 10.2 Å². The molecule has 0 bridgehead atoms. The molecule has 3 aromatic rings. The number of halogens is 2. The second kappa shape index (κ2) is 14.0. The molecule has 3 aromatic carbocycles. The lowest BCUT2D eigenvalue weighted by Gasteiger charge is -2.12. The summed E-state index contributed by atoms with van der Waals surface area (Å²) in [5.74, 6) is -0.371. The van der Waals surface area contributed by atoms with E-state index in [-0.39, 0.29) is 28.6 Å². The quantitative estimate of drug-likeness (QED) is 0.150. The number of esters is 1. The lowest BCUT2D eigenvalue weighted by Crippen LogP contribution is -2.34. The van der Waals surface area contributed by atoms with Gasteiger partial charge in [-0.15, -0.1) is 0 Å². The predicted molar refractivity (Wildman–Crippen MR) is 147 cm³/mol. The fourth-order valence-corrected chi connectivity index (χ4v) is 3.71. The number of benzene rings is 3. The highest BCUT2D eigenvalue weighted by molar-refractivity contribution is 6.36. The summed E-state index contributed by atoms with van der Waals surface area (Å²) in [6, 6.07) is 13.8. The molecule has 0 aliphatic carbocycles. The number of carbonyl (C=O) groups excluding carboxylic acids is 3. The Hall–Kier alpha value is -4.28. The van der Waals surface area contributed by atoms with E-state index < -0.39 is 17.8 Å². The molecule has 0 radical (unpaired) electrons. The molecular formula is C27H25Cl2N3O7. The van der Waals surface area contributed by atoms with Crippen LogP contribution in [0.4, 0.5) is 0 Å². The molecule has 0 aliphatic rings. The van der Waals surface area contributed by atoms with E-state index in [4.69, 9.17) is 42.1 Å². The van der Waals surface area contributed by atoms with Crippen LogP contribution in [0.1, 0.15) is 33.2 Å². The second-order valence-electron chi connectivity index (χ2n) is 7.70. The van der Waals surface area contributed by atoms with E-state index in [1.807, 2.05) is 0 Å². The van der Waals surface area contributed by atoms with Gasteiger partial charge in [0.2, 0.25) is 0 Å². The zero-order valence-corrected chi connectivity index (χ0v) is 22.8. The Kier molecular flexibility index (Phi) is 10.5. The van der Waals surface area contributed by atoms with E-state index in [0.29, 0.717) is 34.3 Å². The van der Waals surface area contributed by atoms with Crippen molar-refractivity contribution in [1.82, 2.24) is 10.7 Å². The molecule has 0 unspecified atom stereocenters. The Labute approximate surface area is 234 Å². The zero-order valence-electron chi connectivity index (χ0n) is 21.2. The molecular weight excluding hydrogens is 549 g/mol. The van der Waals surface area contributed by atoms with Crippen LogP contribution in [0.2, 0.25) is 10.0 Å². The van der Waals surface area contributed by atoms with Gasteiger partial charge in [0, 0.05) is 10.6 Å². The summed E-state index contributed by atoms with van der Waals surface area (Å²) < 4.78 is 21.4. The van der Waals surface area contributed by atoms with Crippen molar-refractivity contribution in [2.24, 2.45) is 5.10 Å².